The molecule has 4 fully saturated rings. The van der Waals surface area contributed by atoms with Gasteiger partial charge < -0.3 is 0 Å². The predicted octanol–water partition coefficient (Wildman–Crippen LogP) is 5.78. The van der Waals surface area contributed by atoms with Gasteiger partial charge in [-0.15, -0.1) is 11.3 Å². The summed E-state index contributed by atoms with van der Waals surface area (Å²) in [5, 5.41) is 1.28. The van der Waals surface area contributed by atoms with E-state index in [1.165, 1.54) is 60.0 Å². The summed E-state index contributed by atoms with van der Waals surface area (Å²) in [6.07, 6.45) is 5.90. The van der Waals surface area contributed by atoms with Crippen molar-refractivity contribution in [1.29, 1.82) is 0 Å². The zero-order valence-electron chi connectivity index (χ0n) is 16.2. The molecular weight excluding hydrogens is 338 g/mol. The van der Waals surface area contributed by atoms with Gasteiger partial charge in [-0.25, -0.2) is 0 Å². The number of benzene rings is 1. The molecular formula is C23H29NOS. The van der Waals surface area contributed by atoms with Crippen LogP contribution in [0.15, 0.2) is 18.2 Å². The van der Waals surface area contributed by atoms with Crippen molar-refractivity contribution in [3.63, 3.8) is 0 Å². The van der Waals surface area contributed by atoms with Crippen molar-refractivity contribution >= 4 is 27.2 Å². The van der Waals surface area contributed by atoms with Crippen LogP contribution in [0.2, 0.25) is 0 Å². The summed E-state index contributed by atoms with van der Waals surface area (Å²) in [7, 11) is 0. The summed E-state index contributed by atoms with van der Waals surface area (Å²) in [6.45, 7) is 9.38. The van der Waals surface area contributed by atoms with Gasteiger partial charge in [-0.05, 0) is 99.9 Å². The number of carbonyl (C=O) groups excluding carboxylic acids is 1. The standard InChI is InChI=1S/C23H29NOS/c1-14-4-5-17-12-20(26-22(17)21(14)16-6-7-16)19(25)13-18-15-8-10-24(11-9-15)23(18,2)3/h4-5,12,15-16,18H,6-11,13H2,1-3H3/t18-/m1/s1. The van der Waals surface area contributed by atoms with Crippen molar-refractivity contribution in [2.45, 2.75) is 64.3 Å². The lowest BCUT2D eigenvalue weighted by Gasteiger charge is -2.56. The number of aryl methyl sites for hydroxylation is 1. The van der Waals surface area contributed by atoms with Crippen LogP contribution in [0.3, 0.4) is 0 Å². The van der Waals surface area contributed by atoms with Crippen molar-refractivity contribution in [2.75, 3.05) is 13.1 Å². The van der Waals surface area contributed by atoms with Crippen molar-refractivity contribution in [2.24, 2.45) is 11.8 Å². The lowest BCUT2D eigenvalue weighted by Crippen LogP contribution is -2.61. The number of nitrogens with zero attached hydrogens (tertiary/aromatic N) is 1. The summed E-state index contributed by atoms with van der Waals surface area (Å²) < 4.78 is 1.38. The second kappa shape index (κ2) is 5.90. The lowest BCUT2D eigenvalue weighted by atomic mass is 9.65. The Bertz CT molecular complexity index is 868. The molecule has 26 heavy (non-hydrogen) atoms. The highest BCUT2D eigenvalue weighted by Crippen LogP contribution is 2.48. The second-order valence-corrected chi connectivity index (χ2v) is 10.4. The number of ketones is 1. The Hall–Kier alpha value is -1.19. The van der Waals surface area contributed by atoms with E-state index in [4.69, 9.17) is 0 Å². The van der Waals surface area contributed by atoms with Gasteiger partial charge in [0.2, 0.25) is 0 Å². The number of Topliss-reactive ketones (excluding diaryl/α,β-unsaturated/α-hetero) is 1. The maximum atomic E-state index is 13.2. The van der Waals surface area contributed by atoms with Crippen LogP contribution in [0.25, 0.3) is 10.1 Å². The Morgan fingerprint density at radius 2 is 1.92 bits per heavy atom. The fraction of sp³-hybridized carbons (Fsp3) is 0.609. The Morgan fingerprint density at radius 1 is 1.19 bits per heavy atom. The van der Waals surface area contributed by atoms with Crippen LogP contribution in [0.1, 0.15) is 72.7 Å². The average molecular weight is 368 g/mol. The smallest absolute Gasteiger partial charge is 0.173 e. The van der Waals surface area contributed by atoms with E-state index in [9.17, 15) is 4.79 Å². The molecule has 0 unspecified atom stereocenters. The molecule has 2 bridgehead atoms. The molecule has 3 aliphatic heterocycles. The van der Waals surface area contributed by atoms with E-state index in [-0.39, 0.29) is 5.54 Å². The topological polar surface area (TPSA) is 20.3 Å². The number of rotatable bonds is 4. The normalized spacial score (nSPS) is 30.0. The molecule has 3 saturated heterocycles. The van der Waals surface area contributed by atoms with Crippen LogP contribution in [0.5, 0.6) is 0 Å². The van der Waals surface area contributed by atoms with Crippen LogP contribution >= 0.6 is 11.3 Å². The van der Waals surface area contributed by atoms with Crippen molar-refractivity contribution in [1.82, 2.24) is 4.90 Å². The van der Waals surface area contributed by atoms with Crippen LogP contribution in [0, 0.1) is 18.8 Å². The minimum absolute atomic E-state index is 0.170. The van der Waals surface area contributed by atoms with Gasteiger partial charge in [-0.3, -0.25) is 9.69 Å². The van der Waals surface area contributed by atoms with Crippen molar-refractivity contribution in [3.05, 3.63) is 34.2 Å². The molecule has 1 atom stereocenters. The molecule has 138 valence electrons. The highest BCUT2D eigenvalue weighted by atomic mass is 32.1. The van der Waals surface area contributed by atoms with E-state index in [0.29, 0.717) is 11.7 Å². The minimum atomic E-state index is 0.170. The molecule has 2 aromatic rings. The first kappa shape index (κ1) is 16.9. The monoisotopic (exact) mass is 367 g/mol. The molecule has 1 saturated carbocycles. The Morgan fingerprint density at radius 3 is 2.58 bits per heavy atom. The van der Waals surface area contributed by atoms with Gasteiger partial charge in [0.1, 0.15) is 0 Å². The molecule has 1 aliphatic carbocycles. The van der Waals surface area contributed by atoms with E-state index < -0.39 is 0 Å². The molecule has 0 N–H and O–H groups in total. The number of hydrogen-bond donors (Lipinski definition) is 0. The molecule has 1 aromatic heterocycles. The van der Waals surface area contributed by atoms with Gasteiger partial charge in [0, 0.05) is 16.7 Å². The van der Waals surface area contributed by atoms with E-state index >= 15 is 0 Å². The minimum Gasteiger partial charge on any atom is -0.298 e. The highest BCUT2D eigenvalue weighted by Gasteiger charge is 2.48. The first-order chi connectivity index (χ1) is 12.4. The van der Waals surface area contributed by atoms with Gasteiger partial charge in [0.25, 0.3) is 0 Å². The zero-order valence-corrected chi connectivity index (χ0v) is 17.0. The third-order valence-electron chi connectivity index (χ3n) is 7.44. The van der Waals surface area contributed by atoms with Gasteiger partial charge in [-0.1, -0.05) is 12.1 Å². The Labute approximate surface area is 160 Å². The molecule has 0 amide bonds. The number of carbonyl (C=O) groups is 1. The summed E-state index contributed by atoms with van der Waals surface area (Å²) in [5.74, 6) is 2.35. The van der Waals surface area contributed by atoms with Crippen LogP contribution in [0.4, 0.5) is 0 Å². The maximum absolute atomic E-state index is 13.2. The molecule has 4 aliphatic rings. The van der Waals surface area contributed by atoms with Gasteiger partial charge in [0.15, 0.2) is 5.78 Å². The zero-order chi connectivity index (χ0) is 18.1. The van der Waals surface area contributed by atoms with Crippen molar-refractivity contribution < 1.29 is 4.79 Å². The number of hydrogen-bond acceptors (Lipinski definition) is 3. The fourth-order valence-corrected chi connectivity index (χ4v) is 6.93. The number of thiophene rings is 1. The lowest BCUT2D eigenvalue weighted by molar-refractivity contribution is -0.0643. The van der Waals surface area contributed by atoms with E-state index in [1.54, 1.807) is 11.3 Å². The third kappa shape index (κ3) is 2.58. The van der Waals surface area contributed by atoms with E-state index in [1.807, 2.05) is 0 Å². The summed E-state index contributed by atoms with van der Waals surface area (Å²) in [5.41, 5.74) is 3.09. The molecule has 6 rings (SSSR count). The molecule has 0 radical (unpaired) electrons. The molecule has 3 heteroatoms. The molecule has 0 spiro atoms. The molecule has 4 heterocycles. The van der Waals surface area contributed by atoms with E-state index in [2.05, 4.69) is 43.9 Å². The second-order valence-electron chi connectivity index (χ2n) is 9.31. The predicted molar refractivity (Wildman–Crippen MR) is 109 cm³/mol. The van der Waals surface area contributed by atoms with Crippen LogP contribution in [-0.4, -0.2) is 29.3 Å². The Balaban J connectivity index is 1.45. The largest absolute Gasteiger partial charge is 0.298 e. The molecule has 2 nitrogen and oxygen atoms in total. The first-order valence-electron chi connectivity index (χ1n) is 10.3. The maximum Gasteiger partial charge on any atom is 0.173 e. The van der Waals surface area contributed by atoms with E-state index in [0.717, 1.165) is 23.1 Å². The SMILES string of the molecule is Cc1ccc2cc(C(=O)C[C@@H]3C4CCN(CC4)C3(C)C)sc2c1C1CC1. The van der Waals surface area contributed by atoms with Gasteiger partial charge >= 0.3 is 0 Å². The van der Waals surface area contributed by atoms with Crippen LogP contribution in [-0.2, 0) is 0 Å². The van der Waals surface area contributed by atoms with Gasteiger partial charge in [0.05, 0.1) is 4.88 Å². The third-order valence-corrected chi connectivity index (χ3v) is 8.67. The summed E-state index contributed by atoms with van der Waals surface area (Å²) in [6, 6.07) is 6.62. The summed E-state index contributed by atoms with van der Waals surface area (Å²) >= 11 is 1.76. The van der Waals surface area contributed by atoms with Crippen molar-refractivity contribution in [3.8, 4) is 0 Å². The summed E-state index contributed by atoms with van der Waals surface area (Å²) in [4.78, 5) is 16.8. The van der Waals surface area contributed by atoms with Gasteiger partial charge in [-0.2, -0.15) is 0 Å². The Kier molecular flexibility index (Phi) is 3.85. The average Bonchev–Trinajstić information content (AvgIpc) is 3.35. The number of fused-ring (bicyclic) bond motifs is 4. The molecule has 1 aromatic carbocycles. The quantitative estimate of drug-likeness (QED) is 0.638. The fourth-order valence-electron chi connectivity index (χ4n) is 5.65. The number of piperidine rings is 3. The van der Waals surface area contributed by atoms with Crippen LogP contribution < -0.4 is 0 Å². The first-order valence-corrected chi connectivity index (χ1v) is 11.1. The highest BCUT2D eigenvalue weighted by molar-refractivity contribution is 7.21.